The Morgan fingerprint density at radius 3 is 2.46 bits per heavy atom. The number of rotatable bonds is 3. The zero-order valence-electron chi connectivity index (χ0n) is 13.9. The lowest BCUT2D eigenvalue weighted by atomic mass is 9.84. The Morgan fingerprint density at radius 2 is 1.83 bits per heavy atom. The van der Waals surface area contributed by atoms with E-state index in [1.807, 2.05) is 13.0 Å². The number of hydrogen-bond acceptors (Lipinski definition) is 3. The van der Waals surface area contributed by atoms with Crippen LogP contribution < -0.4 is 5.32 Å². The van der Waals surface area contributed by atoms with E-state index in [1.165, 1.54) is 0 Å². The van der Waals surface area contributed by atoms with Gasteiger partial charge in [0.1, 0.15) is 5.82 Å². The van der Waals surface area contributed by atoms with Crippen molar-refractivity contribution in [3.63, 3.8) is 0 Å². The molecule has 0 spiro atoms. The number of hydrogen-bond donors (Lipinski definition) is 1. The molecule has 1 aromatic rings. The molecule has 1 atom stereocenters. The maximum atomic E-state index is 14.9. The molecular weight excluding hydrogens is 374 g/mol. The highest BCUT2D eigenvalue weighted by molar-refractivity contribution is 6.31. The Labute approximate surface area is 161 Å². The van der Waals surface area contributed by atoms with Gasteiger partial charge in [-0.05, 0) is 37.3 Å². The third kappa shape index (κ3) is 4.75. The summed E-state index contributed by atoms with van der Waals surface area (Å²) in [5.74, 6) is 0.267. The van der Waals surface area contributed by atoms with Gasteiger partial charge in [0.25, 0.3) is 0 Å². The molecule has 0 saturated carbocycles. The van der Waals surface area contributed by atoms with Crippen molar-refractivity contribution in [1.82, 2.24) is 10.2 Å². The Morgan fingerprint density at radius 1 is 1.21 bits per heavy atom. The van der Waals surface area contributed by atoms with Crippen molar-refractivity contribution in [2.75, 3.05) is 39.4 Å². The Bertz CT molecular complexity index is 503. The third-order valence-electron chi connectivity index (χ3n) is 4.87. The van der Waals surface area contributed by atoms with E-state index in [-0.39, 0.29) is 36.7 Å². The number of aryl methyl sites for hydroxylation is 1. The van der Waals surface area contributed by atoms with Crippen molar-refractivity contribution in [1.29, 1.82) is 0 Å². The molecule has 138 valence electrons. The first kappa shape index (κ1) is 21.9. The highest BCUT2D eigenvalue weighted by Gasteiger charge is 2.34. The zero-order valence-corrected chi connectivity index (χ0v) is 16.3. The first-order chi connectivity index (χ1) is 10.7. The topological polar surface area (TPSA) is 24.5 Å². The van der Waals surface area contributed by atoms with Crippen LogP contribution in [0.2, 0.25) is 5.02 Å². The van der Waals surface area contributed by atoms with Gasteiger partial charge in [-0.25, -0.2) is 4.39 Å². The lowest BCUT2D eigenvalue weighted by Gasteiger charge is -2.41. The molecule has 0 unspecified atom stereocenters. The number of ether oxygens (including phenoxy) is 1. The highest BCUT2D eigenvalue weighted by atomic mass is 35.5. The predicted octanol–water partition coefficient (Wildman–Crippen LogP) is 4.00. The van der Waals surface area contributed by atoms with E-state index in [0.717, 1.165) is 52.2 Å². The molecule has 1 N–H and O–H groups in total. The molecule has 24 heavy (non-hydrogen) atoms. The van der Waals surface area contributed by atoms with Crippen LogP contribution in [0.25, 0.3) is 0 Å². The predicted molar refractivity (Wildman–Crippen MR) is 101 cm³/mol. The maximum Gasteiger partial charge on any atom is 0.132 e. The second kappa shape index (κ2) is 10.1. The minimum Gasteiger partial charge on any atom is -0.381 e. The van der Waals surface area contributed by atoms with Crippen molar-refractivity contribution in [2.24, 2.45) is 5.92 Å². The molecule has 1 aromatic carbocycles. The Kier molecular flexibility index (Phi) is 9.28. The first-order valence-electron chi connectivity index (χ1n) is 8.15. The minimum atomic E-state index is -0.137. The minimum absolute atomic E-state index is 0. The van der Waals surface area contributed by atoms with Crippen molar-refractivity contribution in [3.05, 3.63) is 34.1 Å². The average molecular weight is 400 g/mol. The average Bonchev–Trinajstić information content (AvgIpc) is 2.57. The molecular formula is C17H26Cl3FN2O. The molecule has 2 saturated heterocycles. The monoisotopic (exact) mass is 398 g/mol. The van der Waals surface area contributed by atoms with Gasteiger partial charge in [0.15, 0.2) is 0 Å². The van der Waals surface area contributed by atoms with Gasteiger partial charge >= 0.3 is 0 Å². The quantitative estimate of drug-likeness (QED) is 0.831. The first-order valence-corrected chi connectivity index (χ1v) is 8.53. The van der Waals surface area contributed by atoms with Gasteiger partial charge in [-0.3, -0.25) is 4.90 Å². The number of nitrogens with zero attached hydrogens (tertiary/aromatic N) is 1. The lowest BCUT2D eigenvalue weighted by Crippen LogP contribution is -2.48. The summed E-state index contributed by atoms with van der Waals surface area (Å²) in [7, 11) is 0. The van der Waals surface area contributed by atoms with Gasteiger partial charge in [-0.15, -0.1) is 24.8 Å². The fourth-order valence-corrected chi connectivity index (χ4v) is 3.92. The zero-order chi connectivity index (χ0) is 15.5. The van der Waals surface area contributed by atoms with Crippen LogP contribution in [0.1, 0.15) is 30.0 Å². The fourth-order valence-electron chi connectivity index (χ4n) is 3.66. The third-order valence-corrected chi connectivity index (χ3v) is 5.20. The van der Waals surface area contributed by atoms with Gasteiger partial charge in [0.05, 0.1) is 0 Å². The van der Waals surface area contributed by atoms with Gasteiger partial charge in [-0.2, -0.15) is 0 Å². The van der Waals surface area contributed by atoms with Crippen LogP contribution in [-0.4, -0.2) is 44.3 Å². The van der Waals surface area contributed by atoms with Crippen LogP contribution in [0.3, 0.4) is 0 Å². The summed E-state index contributed by atoms with van der Waals surface area (Å²) in [6.07, 6.45) is 1.94. The molecule has 3 nitrogen and oxygen atoms in total. The molecule has 0 aromatic heterocycles. The van der Waals surface area contributed by atoms with E-state index < -0.39 is 0 Å². The van der Waals surface area contributed by atoms with Gasteiger partial charge < -0.3 is 10.1 Å². The second-order valence-electron chi connectivity index (χ2n) is 6.27. The molecule has 0 amide bonds. The maximum absolute atomic E-state index is 14.9. The molecule has 2 heterocycles. The molecule has 3 rings (SSSR count). The van der Waals surface area contributed by atoms with Crippen LogP contribution in [-0.2, 0) is 4.74 Å². The molecule has 0 aliphatic carbocycles. The Hall–Kier alpha value is -0.100. The normalized spacial score (nSPS) is 20.8. The summed E-state index contributed by atoms with van der Waals surface area (Å²) in [5.41, 5.74) is 1.36. The van der Waals surface area contributed by atoms with Crippen molar-refractivity contribution < 1.29 is 9.13 Å². The van der Waals surface area contributed by atoms with E-state index >= 15 is 0 Å². The molecule has 0 radical (unpaired) electrons. The van der Waals surface area contributed by atoms with E-state index in [0.29, 0.717) is 22.1 Å². The summed E-state index contributed by atoms with van der Waals surface area (Å²) in [5, 5.41) is 3.93. The number of piperazine rings is 1. The SMILES string of the molecule is Cc1ccc(Cl)c([C@@H](C2CCOCC2)N2CCNCC2)c1F.Cl.Cl. The number of nitrogens with one attached hydrogen (secondary N) is 1. The molecule has 2 aliphatic heterocycles. The molecule has 2 fully saturated rings. The highest BCUT2D eigenvalue weighted by Crippen LogP contribution is 2.40. The van der Waals surface area contributed by atoms with Crippen LogP contribution in [0.4, 0.5) is 4.39 Å². The summed E-state index contributed by atoms with van der Waals surface area (Å²) < 4.78 is 20.4. The number of halogens is 4. The Balaban J connectivity index is 0.00000144. The summed E-state index contributed by atoms with van der Waals surface area (Å²) >= 11 is 6.42. The summed E-state index contributed by atoms with van der Waals surface area (Å²) in [6, 6.07) is 3.66. The van der Waals surface area contributed by atoms with Gasteiger partial charge in [0, 0.05) is 56.0 Å². The van der Waals surface area contributed by atoms with E-state index in [4.69, 9.17) is 16.3 Å². The standard InChI is InChI=1S/C17H24ClFN2O.2ClH/c1-12-2-3-14(18)15(16(12)19)17(13-4-10-22-11-5-13)21-8-6-20-7-9-21;;/h2-3,13,17,20H,4-11H2,1H3;2*1H/t17-;;/m1../s1. The van der Waals surface area contributed by atoms with E-state index in [1.54, 1.807) is 6.07 Å². The second-order valence-corrected chi connectivity index (χ2v) is 6.68. The summed E-state index contributed by atoms with van der Waals surface area (Å²) in [4.78, 5) is 2.40. The smallest absolute Gasteiger partial charge is 0.132 e. The van der Waals surface area contributed by atoms with Gasteiger partial charge in [0.2, 0.25) is 0 Å². The van der Waals surface area contributed by atoms with Crippen LogP contribution in [0.5, 0.6) is 0 Å². The van der Waals surface area contributed by atoms with Crippen LogP contribution >= 0.6 is 36.4 Å². The largest absolute Gasteiger partial charge is 0.381 e. The lowest BCUT2D eigenvalue weighted by molar-refractivity contribution is 0.0203. The van der Waals surface area contributed by atoms with E-state index in [2.05, 4.69) is 10.2 Å². The summed E-state index contributed by atoms with van der Waals surface area (Å²) in [6.45, 7) is 7.11. The van der Waals surface area contributed by atoms with Crippen molar-refractivity contribution >= 4 is 36.4 Å². The number of benzene rings is 1. The van der Waals surface area contributed by atoms with Crippen LogP contribution in [0, 0.1) is 18.7 Å². The van der Waals surface area contributed by atoms with Crippen LogP contribution in [0.15, 0.2) is 12.1 Å². The van der Waals surface area contributed by atoms with Crippen molar-refractivity contribution in [3.8, 4) is 0 Å². The molecule has 2 aliphatic rings. The van der Waals surface area contributed by atoms with Gasteiger partial charge in [-0.1, -0.05) is 17.7 Å². The van der Waals surface area contributed by atoms with Crippen molar-refractivity contribution in [2.45, 2.75) is 25.8 Å². The fraction of sp³-hybridized carbons (Fsp3) is 0.647. The van der Waals surface area contributed by atoms with E-state index in [9.17, 15) is 4.39 Å². The molecule has 0 bridgehead atoms. The molecule has 7 heteroatoms.